The summed E-state index contributed by atoms with van der Waals surface area (Å²) in [5.41, 5.74) is 1.41. The van der Waals surface area contributed by atoms with Crippen molar-refractivity contribution in [3.8, 4) is 0 Å². The third-order valence-corrected chi connectivity index (χ3v) is 4.30. The van der Waals surface area contributed by atoms with Gasteiger partial charge < -0.3 is 0 Å². The van der Waals surface area contributed by atoms with Gasteiger partial charge in [-0.25, -0.2) is 0 Å². The van der Waals surface area contributed by atoms with Gasteiger partial charge in [-0.05, 0) is 60.2 Å². The maximum absolute atomic E-state index is 4.51. The van der Waals surface area contributed by atoms with E-state index in [0.717, 1.165) is 4.60 Å². The van der Waals surface area contributed by atoms with Crippen molar-refractivity contribution in [3.05, 3.63) is 16.4 Å². The van der Waals surface area contributed by atoms with Crippen LogP contribution in [0.5, 0.6) is 0 Å². The van der Waals surface area contributed by atoms with Gasteiger partial charge in [0.1, 0.15) is 4.60 Å². The van der Waals surface area contributed by atoms with Gasteiger partial charge >= 0.3 is 0 Å². The van der Waals surface area contributed by atoms with Gasteiger partial charge in [0.25, 0.3) is 0 Å². The monoisotopic (exact) mass is 288 g/mol. The van der Waals surface area contributed by atoms with Gasteiger partial charge in [0.05, 0.1) is 0 Å². The van der Waals surface area contributed by atoms with Crippen LogP contribution in [0, 0.1) is 0 Å². The van der Waals surface area contributed by atoms with Crippen LogP contribution in [0.25, 0.3) is 0 Å². The van der Waals surface area contributed by atoms with Crippen molar-refractivity contribution in [2.75, 3.05) is 11.5 Å². The smallest absolute Gasteiger partial charge is 0.128 e. The molecule has 0 spiro atoms. The Kier molecular flexibility index (Phi) is 3.78. The highest BCUT2D eigenvalue weighted by Crippen LogP contribution is 2.33. The summed E-state index contributed by atoms with van der Waals surface area (Å²) in [6.07, 6.45) is 2.60. The molecule has 1 aromatic rings. The van der Waals surface area contributed by atoms with Crippen molar-refractivity contribution >= 4 is 27.7 Å². The fourth-order valence-corrected chi connectivity index (χ4v) is 3.60. The lowest BCUT2D eigenvalue weighted by Crippen LogP contribution is -2.15. The molecule has 0 saturated carbocycles. The van der Waals surface area contributed by atoms with Crippen LogP contribution in [0.4, 0.5) is 0 Å². The molecule has 0 radical (unpaired) electrons. The van der Waals surface area contributed by atoms with Crippen molar-refractivity contribution < 1.29 is 0 Å². The fourth-order valence-electron chi connectivity index (χ4n) is 2.09. The molecule has 1 aliphatic rings. The Hall–Kier alpha value is 0.0400. The Balaban J connectivity index is 2.25. The van der Waals surface area contributed by atoms with E-state index >= 15 is 0 Å². The Morgan fingerprint density at radius 3 is 2.73 bits per heavy atom. The van der Waals surface area contributed by atoms with Gasteiger partial charge in [0.15, 0.2) is 0 Å². The van der Waals surface area contributed by atoms with Crippen LogP contribution in [0.15, 0.2) is 10.7 Å². The highest BCUT2D eigenvalue weighted by Gasteiger charge is 2.21. The number of halogens is 1. The third-order valence-electron chi connectivity index (χ3n) is 2.86. The van der Waals surface area contributed by atoms with E-state index in [1.807, 2.05) is 0 Å². The first-order chi connectivity index (χ1) is 7.18. The zero-order valence-electron chi connectivity index (χ0n) is 9.24. The fraction of sp³-hybridized carbons (Fsp3) is 0.727. The Morgan fingerprint density at radius 1 is 1.47 bits per heavy atom. The van der Waals surface area contributed by atoms with Crippen molar-refractivity contribution in [2.24, 2.45) is 0 Å². The van der Waals surface area contributed by atoms with Crippen LogP contribution in [0.3, 0.4) is 0 Å². The zero-order chi connectivity index (χ0) is 10.8. The highest BCUT2D eigenvalue weighted by atomic mass is 79.9. The molecule has 0 unspecified atom stereocenters. The summed E-state index contributed by atoms with van der Waals surface area (Å²) >= 11 is 5.55. The van der Waals surface area contributed by atoms with E-state index in [1.54, 1.807) is 0 Å². The first kappa shape index (κ1) is 11.5. The quantitative estimate of drug-likeness (QED) is 0.823. The molecule has 15 heavy (non-hydrogen) atoms. The molecule has 0 bridgehead atoms. The molecule has 1 aliphatic heterocycles. The van der Waals surface area contributed by atoms with Crippen LogP contribution < -0.4 is 0 Å². The largest absolute Gasteiger partial charge is 0.266 e. The second kappa shape index (κ2) is 4.91. The predicted octanol–water partition coefficient (Wildman–Crippen LogP) is 3.84. The van der Waals surface area contributed by atoms with E-state index in [1.165, 1.54) is 30.0 Å². The minimum atomic E-state index is 0.459. The molecule has 1 saturated heterocycles. The minimum absolute atomic E-state index is 0.459. The van der Waals surface area contributed by atoms with Crippen LogP contribution in [0.2, 0.25) is 0 Å². The van der Waals surface area contributed by atoms with E-state index in [4.69, 9.17) is 0 Å². The summed E-state index contributed by atoms with van der Waals surface area (Å²) in [7, 11) is 0. The first-order valence-electron chi connectivity index (χ1n) is 5.51. The first-order valence-corrected chi connectivity index (χ1v) is 7.46. The molecular formula is C11H17BrN2S. The van der Waals surface area contributed by atoms with Crippen LogP contribution >= 0.6 is 27.7 Å². The third kappa shape index (κ3) is 2.59. The molecule has 84 valence electrons. The summed E-state index contributed by atoms with van der Waals surface area (Å²) in [6.45, 7) is 4.39. The molecule has 0 aromatic carbocycles. The van der Waals surface area contributed by atoms with E-state index in [9.17, 15) is 0 Å². The van der Waals surface area contributed by atoms with E-state index in [-0.39, 0.29) is 0 Å². The summed E-state index contributed by atoms with van der Waals surface area (Å²) in [5, 5.41) is 4.51. The van der Waals surface area contributed by atoms with Gasteiger partial charge in [-0.3, -0.25) is 4.68 Å². The molecule has 2 nitrogen and oxygen atoms in total. The van der Waals surface area contributed by atoms with Crippen molar-refractivity contribution in [1.82, 2.24) is 9.78 Å². The van der Waals surface area contributed by atoms with Gasteiger partial charge in [-0.2, -0.15) is 16.9 Å². The molecule has 1 aromatic heterocycles. The highest BCUT2D eigenvalue weighted by molar-refractivity contribution is 9.10. The van der Waals surface area contributed by atoms with Gasteiger partial charge in [0.2, 0.25) is 0 Å². The van der Waals surface area contributed by atoms with Crippen molar-refractivity contribution in [1.29, 1.82) is 0 Å². The number of hydrogen-bond donors (Lipinski definition) is 0. The molecule has 1 fully saturated rings. The molecule has 0 aliphatic carbocycles. The molecule has 0 N–H and O–H groups in total. The number of aromatic nitrogens is 2. The van der Waals surface area contributed by atoms with E-state index < -0.39 is 0 Å². The summed E-state index contributed by atoms with van der Waals surface area (Å²) in [5.74, 6) is 3.31. The normalized spacial score (nSPS) is 18.7. The van der Waals surface area contributed by atoms with Gasteiger partial charge in [0, 0.05) is 17.7 Å². The van der Waals surface area contributed by atoms with Gasteiger partial charge in [-0.1, -0.05) is 0 Å². The SMILES string of the molecule is CC(C)n1nc(Br)cc1C1CCSCC1. The molecular weight excluding hydrogens is 272 g/mol. The molecule has 2 heterocycles. The standard InChI is InChI=1S/C11H17BrN2S/c1-8(2)14-10(7-11(12)13-14)9-3-5-15-6-4-9/h7-9H,3-6H2,1-2H3. The average Bonchev–Trinajstić information content (AvgIpc) is 2.62. The zero-order valence-corrected chi connectivity index (χ0v) is 11.6. The second-order valence-corrected chi connectivity index (χ2v) is 6.35. The summed E-state index contributed by atoms with van der Waals surface area (Å²) in [6, 6.07) is 2.65. The van der Waals surface area contributed by atoms with Crippen molar-refractivity contribution in [2.45, 2.75) is 38.6 Å². The lowest BCUT2D eigenvalue weighted by Gasteiger charge is -2.23. The minimum Gasteiger partial charge on any atom is -0.266 e. The summed E-state index contributed by atoms with van der Waals surface area (Å²) < 4.78 is 3.15. The number of rotatable bonds is 2. The predicted molar refractivity (Wildman–Crippen MR) is 69.6 cm³/mol. The van der Waals surface area contributed by atoms with E-state index in [0.29, 0.717) is 12.0 Å². The lowest BCUT2D eigenvalue weighted by molar-refractivity contribution is 0.471. The number of hydrogen-bond acceptors (Lipinski definition) is 2. The maximum atomic E-state index is 4.51. The van der Waals surface area contributed by atoms with Crippen LogP contribution in [0.1, 0.15) is 44.3 Å². The Morgan fingerprint density at radius 2 is 2.13 bits per heavy atom. The number of nitrogens with zero attached hydrogens (tertiary/aromatic N) is 2. The molecule has 0 amide bonds. The molecule has 4 heteroatoms. The van der Waals surface area contributed by atoms with Crippen LogP contribution in [-0.4, -0.2) is 21.3 Å². The summed E-state index contributed by atoms with van der Waals surface area (Å²) in [4.78, 5) is 0. The van der Waals surface area contributed by atoms with Gasteiger partial charge in [-0.15, -0.1) is 0 Å². The lowest BCUT2D eigenvalue weighted by atomic mass is 9.98. The van der Waals surface area contributed by atoms with E-state index in [2.05, 4.69) is 57.4 Å². The second-order valence-electron chi connectivity index (χ2n) is 4.32. The number of thioether (sulfide) groups is 1. The average molecular weight is 289 g/mol. The molecule has 2 rings (SSSR count). The maximum Gasteiger partial charge on any atom is 0.128 e. The van der Waals surface area contributed by atoms with Crippen LogP contribution in [-0.2, 0) is 0 Å². The molecule has 0 atom stereocenters. The van der Waals surface area contributed by atoms with Crippen molar-refractivity contribution in [3.63, 3.8) is 0 Å². The Bertz CT molecular complexity index is 329. The topological polar surface area (TPSA) is 17.8 Å². The Labute approximate surface area is 104 Å².